The van der Waals surface area contributed by atoms with E-state index < -0.39 is 0 Å². The third-order valence-electron chi connectivity index (χ3n) is 4.34. The van der Waals surface area contributed by atoms with Gasteiger partial charge in [0, 0.05) is 49.8 Å². The lowest BCUT2D eigenvalue weighted by molar-refractivity contribution is -0.0895. The average Bonchev–Trinajstić information content (AvgIpc) is 3.05. The summed E-state index contributed by atoms with van der Waals surface area (Å²) >= 11 is 0. The summed E-state index contributed by atoms with van der Waals surface area (Å²) in [7, 11) is 0. The van der Waals surface area contributed by atoms with Gasteiger partial charge in [0.1, 0.15) is 5.75 Å². The summed E-state index contributed by atoms with van der Waals surface area (Å²) in [6.45, 7) is 4.93. The number of hydroxylamine groups is 2. The van der Waals surface area contributed by atoms with E-state index in [9.17, 15) is 0 Å². The highest BCUT2D eigenvalue weighted by molar-refractivity contribution is 5.80. The zero-order chi connectivity index (χ0) is 15.5. The first-order valence-electron chi connectivity index (χ1n) is 8.13. The lowest BCUT2D eigenvalue weighted by atomic mass is 10.2. The van der Waals surface area contributed by atoms with Crippen molar-refractivity contribution in [1.82, 2.24) is 14.9 Å². The van der Waals surface area contributed by atoms with Gasteiger partial charge in [-0.1, -0.05) is 30.3 Å². The van der Waals surface area contributed by atoms with Crippen molar-refractivity contribution in [2.75, 3.05) is 26.2 Å². The number of aromatic amines is 1. The summed E-state index contributed by atoms with van der Waals surface area (Å²) < 4.78 is 0. The molecule has 2 heterocycles. The first-order chi connectivity index (χ1) is 11.4. The average molecular weight is 307 g/mol. The number of hydrogen-bond acceptors (Lipinski definition) is 3. The smallest absolute Gasteiger partial charge is 0.148 e. The van der Waals surface area contributed by atoms with E-state index >= 15 is 0 Å². The van der Waals surface area contributed by atoms with E-state index in [1.807, 2.05) is 12.3 Å². The standard InChI is InChI=1S/C19H21N3O/c1-2-4-16(5-3-1)15-21-10-12-22(13-11-21)23-18-6-7-19-17(14-18)8-9-20-19/h1-9,14,20H,10-13,15H2. The summed E-state index contributed by atoms with van der Waals surface area (Å²) in [5.74, 6) is 0.911. The van der Waals surface area contributed by atoms with Crippen molar-refractivity contribution in [2.24, 2.45) is 0 Å². The van der Waals surface area contributed by atoms with Gasteiger partial charge in [0.2, 0.25) is 0 Å². The normalized spacial score (nSPS) is 16.7. The molecular weight excluding hydrogens is 286 g/mol. The van der Waals surface area contributed by atoms with Crippen LogP contribution in [-0.2, 0) is 6.54 Å². The Balaban J connectivity index is 1.32. The maximum Gasteiger partial charge on any atom is 0.148 e. The maximum atomic E-state index is 6.02. The van der Waals surface area contributed by atoms with Crippen LogP contribution in [0.25, 0.3) is 10.9 Å². The van der Waals surface area contributed by atoms with E-state index in [2.05, 4.69) is 63.5 Å². The van der Waals surface area contributed by atoms with Gasteiger partial charge in [-0.2, -0.15) is 0 Å². The number of rotatable bonds is 4. The molecule has 23 heavy (non-hydrogen) atoms. The van der Waals surface area contributed by atoms with Gasteiger partial charge in [-0.05, 0) is 29.8 Å². The Bertz CT molecular complexity index is 760. The number of nitrogens with zero attached hydrogens (tertiary/aromatic N) is 2. The predicted octanol–water partition coefficient (Wildman–Crippen LogP) is 3.28. The van der Waals surface area contributed by atoms with Crippen LogP contribution < -0.4 is 4.84 Å². The van der Waals surface area contributed by atoms with E-state index in [0.29, 0.717) is 0 Å². The molecule has 1 fully saturated rings. The van der Waals surface area contributed by atoms with Crippen molar-refractivity contribution in [3.05, 3.63) is 66.4 Å². The van der Waals surface area contributed by atoms with Gasteiger partial charge >= 0.3 is 0 Å². The number of fused-ring (bicyclic) bond motifs is 1. The number of nitrogens with one attached hydrogen (secondary N) is 1. The molecule has 1 aliphatic heterocycles. The monoisotopic (exact) mass is 307 g/mol. The minimum atomic E-state index is 0.911. The van der Waals surface area contributed by atoms with Gasteiger partial charge in [-0.3, -0.25) is 4.90 Å². The Morgan fingerprint density at radius 2 is 1.74 bits per heavy atom. The van der Waals surface area contributed by atoms with Crippen LogP contribution in [0.3, 0.4) is 0 Å². The molecule has 0 unspecified atom stereocenters. The highest BCUT2D eigenvalue weighted by Gasteiger charge is 2.18. The van der Waals surface area contributed by atoms with E-state index in [4.69, 9.17) is 4.84 Å². The van der Waals surface area contributed by atoms with E-state index in [1.165, 1.54) is 10.9 Å². The highest BCUT2D eigenvalue weighted by Crippen LogP contribution is 2.21. The zero-order valence-electron chi connectivity index (χ0n) is 13.1. The van der Waals surface area contributed by atoms with Crippen LogP contribution >= 0.6 is 0 Å². The summed E-state index contributed by atoms with van der Waals surface area (Å²) in [5.41, 5.74) is 2.52. The Hall–Kier alpha value is -2.30. The van der Waals surface area contributed by atoms with Crippen molar-refractivity contribution in [3.8, 4) is 5.75 Å². The van der Waals surface area contributed by atoms with Gasteiger partial charge < -0.3 is 9.82 Å². The second-order valence-electron chi connectivity index (χ2n) is 6.01. The molecule has 0 saturated carbocycles. The molecule has 4 heteroatoms. The fourth-order valence-corrected chi connectivity index (χ4v) is 3.06. The van der Waals surface area contributed by atoms with Crippen molar-refractivity contribution < 1.29 is 4.84 Å². The summed E-state index contributed by atoms with van der Waals surface area (Å²) in [5, 5.41) is 3.25. The van der Waals surface area contributed by atoms with E-state index in [1.54, 1.807) is 0 Å². The van der Waals surface area contributed by atoms with Gasteiger partial charge in [0.15, 0.2) is 0 Å². The molecule has 4 nitrogen and oxygen atoms in total. The van der Waals surface area contributed by atoms with Crippen molar-refractivity contribution >= 4 is 10.9 Å². The molecule has 2 aromatic carbocycles. The van der Waals surface area contributed by atoms with Gasteiger partial charge in [0.25, 0.3) is 0 Å². The predicted molar refractivity (Wildman–Crippen MR) is 92.2 cm³/mol. The van der Waals surface area contributed by atoms with Gasteiger partial charge in [-0.25, -0.2) is 0 Å². The molecule has 0 bridgehead atoms. The number of piperazine rings is 1. The van der Waals surface area contributed by atoms with Crippen molar-refractivity contribution in [3.63, 3.8) is 0 Å². The first-order valence-corrected chi connectivity index (χ1v) is 8.13. The molecule has 1 N–H and O–H groups in total. The van der Waals surface area contributed by atoms with Crippen LogP contribution in [0, 0.1) is 0 Å². The molecule has 0 amide bonds. The summed E-state index contributed by atoms with van der Waals surface area (Å²) in [6, 6.07) is 18.9. The second-order valence-corrected chi connectivity index (χ2v) is 6.01. The van der Waals surface area contributed by atoms with Crippen LogP contribution in [-0.4, -0.2) is 41.1 Å². The Labute approximate surface area is 136 Å². The zero-order valence-corrected chi connectivity index (χ0v) is 13.1. The third-order valence-corrected chi connectivity index (χ3v) is 4.34. The summed E-state index contributed by atoms with van der Waals surface area (Å²) in [4.78, 5) is 11.7. The molecule has 0 atom stereocenters. The molecular formula is C19H21N3O. The van der Waals surface area contributed by atoms with E-state index in [0.717, 1.165) is 44.0 Å². The molecule has 0 radical (unpaired) electrons. The SMILES string of the molecule is c1ccc(CN2CCN(Oc3ccc4[nH]ccc4c3)CC2)cc1. The summed E-state index contributed by atoms with van der Waals surface area (Å²) in [6.07, 6.45) is 1.96. The molecule has 0 spiro atoms. The Kier molecular flexibility index (Phi) is 4.01. The lowest BCUT2D eigenvalue weighted by Gasteiger charge is -2.33. The van der Waals surface area contributed by atoms with Crippen LogP contribution in [0.1, 0.15) is 5.56 Å². The fourth-order valence-electron chi connectivity index (χ4n) is 3.06. The lowest BCUT2D eigenvalue weighted by Crippen LogP contribution is -2.47. The molecule has 1 saturated heterocycles. The van der Waals surface area contributed by atoms with Crippen molar-refractivity contribution in [2.45, 2.75) is 6.54 Å². The van der Waals surface area contributed by atoms with Gasteiger partial charge in [-0.15, -0.1) is 5.06 Å². The number of H-pyrrole nitrogens is 1. The minimum absolute atomic E-state index is 0.911. The van der Waals surface area contributed by atoms with Crippen LogP contribution in [0.4, 0.5) is 0 Å². The quantitative estimate of drug-likeness (QED) is 0.802. The van der Waals surface area contributed by atoms with Crippen molar-refractivity contribution in [1.29, 1.82) is 0 Å². The maximum absolute atomic E-state index is 6.02. The van der Waals surface area contributed by atoms with Crippen LogP contribution in [0.5, 0.6) is 5.75 Å². The topological polar surface area (TPSA) is 31.5 Å². The fraction of sp³-hybridized carbons (Fsp3) is 0.263. The molecule has 0 aliphatic carbocycles. The molecule has 1 aromatic heterocycles. The molecule has 3 aromatic rings. The second kappa shape index (κ2) is 6.44. The van der Waals surface area contributed by atoms with Gasteiger partial charge in [0.05, 0.1) is 0 Å². The van der Waals surface area contributed by atoms with E-state index in [-0.39, 0.29) is 0 Å². The Morgan fingerprint density at radius 3 is 2.57 bits per heavy atom. The van der Waals surface area contributed by atoms with Crippen LogP contribution in [0.15, 0.2) is 60.8 Å². The minimum Gasteiger partial charge on any atom is -0.406 e. The third kappa shape index (κ3) is 3.38. The number of aromatic nitrogens is 1. The largest absolute Gasteiger partial charge is 0.406 e. The number of benzene rings is 2. The first kappa shape index (κ1) is 14.3. The molecule has 1 aliphatic rings. The molecule has 4 rings (SSSR count). The number of hydrogen-bond donors (Lipinski definition) is 1. The Morgan fingerprint density at radius 1 is 0.913 bits per heavy atom. The highest BCUT2D eigenvalue weighted by atomic mass is 16.7. The van der Waals surface area contributed by atoms with Crippen LogP contribution in [0.2, 0.25) is 0 Å². The molecule has 118 valence electrons.